The molecule has 0 aromatic carbocycles. The SMILES string of the molecule is Cc1cc(C(=O)N2CCC[C@@H](N(C)Cc3noc(C)n3)CC2)nc(C)n1. The molecule has 0 spiro atoms. The van der Waals surface area contributed by atoms with Gasteiger partial charge in [0.05, 0.1) is 6.54 Å². The van der Waals surface area contributed by atoms with Crippen LogP contribution in [0.5, 0.6) is 0 Å². The molecule has 0 aliphatic carbocycles. The molecule has 0 bridgehead atoms. The molecule has 8 nitrogen and oxygen atoms in total. The maximum atomic E-state index is 12.8. The third kappa shape index (κ3) is 4.43. The van der Waals surface area contributed by atoms with Gasteiger partial charge in [-0.2, -0.15) is 4.98 Å². The van der Waals surface area contributed by atoms with Gasteiger partial charge in [-0.15, -0.1) is 0 Å². The van der Waals surface area contributed by atoms with Gasteiger partial charge in [0.1, 0.15) is 11.5 Å². The van der Waals surface area contributed by atoms with Crippen LogP contribution < -0.4 is 0 Å². The predicted octanol–water partition coefficient (Wildman–Crippen LogP) is 1.91. The Morgan fingerprint density at radius 1 is 1.23 bits per heavy atom. The van der Waals surface area contributed by atoms with Crippen molar-refractivity contribution in [2.24, 2.45) is 0 Å². The number of aromatic nitrogens is 4. The number of rotatable bonds is 4. The van der Waals surface area contributed by atoms with Crippen LogP contribution in [0.2, 0.25) is 0 Å². The van der Waals surface area contributed by atoms with Crippen molar-refractivity contribution in [2.45, 2.75) is 52.6 Å². The number of hydrogen-bond donors (Lipinski definition) is 0. The first-order chi connectivity index (χ1) is 12.4. The average Bonchev–Trinajstić information content (AvgIpc) is 2.84. The normalized spacial score (nSPS) is 18.2. The third-order valence-electron chi connectivity index (χ3n) is 4.75. The first-order valence-corrected chi connectivity index (χ1v) is 9.03. The van der Waals surface area contributed by atoms with E-state index in [-0.39, 0.29) is 5.91 Å². The quantitative estimate of drug-likeness (QED) is 0.825. The summed E-state index contributed by atoms with van der Waals surface area (Å²) in [5.41, 5.74) is 1.31. The highest BCUT2D eigenvalue weighted by atomic mass is 16.5. The fraction of sp³-hybridized carbons (Fsp3) is 0.611. The minimum atomic E-state index is -0.00399. The molecule has 1 saturated heterocycles. The van der Waals surface area contributed by atoms with Crippen molar-refractivity contribution in [3.63, 3.8) is 0 Å². The summed E-state index contributed by atoms with van der Waals surface area (Å²) in [5.74, 6) is 1.92. The molecule has 1 fully saturated rings. The molecule has 26 heavy (non-hydrogen) atoms. The highest BCUT2D eigenvalue weighted by Gasteiger charge is 2.25. The van der Waals surface area contributed by atoms with E-state index in [0.717, 1.165) is 38.0 Å². The van der Waals surface area contributed by atoms with E-state index in [9.17, 15) is 4.79 Å². The number of likely N-dealkylation sites (tertiary alicyclic amines) is 1. The van der Waals surface area contributed by atoms with Gasteiger partial charge in [0.25, 0.3) is 5.91 Å². The number of hydrogen-bond acceptors (Lipinski definition) is 7. The van der Waals surface area contributed by atoms with Crippen LogP contribution in [-0.4, -0.2) is 62.0 Å². The zero-order valence-corrected chi connectivity index (χ0v) is 15.9. The highest BCUT2D eigenvalue weighted by Crippen LogP contribution is 2.19. The van der Waals surface area contributed by atoms with Crippen molar-refractivity contribution in [3.05, 3.63) is 35.0 Å². The van der Waals surface area contributed by atoms with Crippen molar-refractivity contribution < 1.29 is 9.32 Å². The Morgan fingerprint density at radius 3 is 2.73 bits per heavy atom. The first-order valence-electron chi connectivity index (χ1n) is 9.03. The van der Waals surface area contributed by atoms with Crippen LogP contribution in [0.15, 0.2) is 10.6 Å². The third-order valence-corrected chi connectivity index (χ3v) is 4.75. The van der Waals surface area contributed by atoms with E-state index in [1.54, 1.807) is 13.0 Å². The number of aryl methyl sites for hydroxylation is 3. The van der Waals surface area contributed by atoms with E-state index in [4.69, 9.17) is 4.52 Å². The molecule has 0 unspecified atom stereocenters. The van der Waals surface area contributed by atoms with E-state index in [0.29, 0.717) is 35.8 Å². The highest BCUT2D eigenvalue weighted by molar-refractivity contribution is 5.92. The van der Waals surface area contributed by atoms with Crippen LogP contribution in [0.3, 0.4) is 0 Å². The van der Waals surface area contributed by atoms with Crippen molar-refractivity contribution in [1.29, 1.82) is 0 Å². The fourth-order valence-corrected chi connectivity index (χ4v) is 3.47. The molecule has 0 saturated carbocycles. The lowest BCUT2D eigenvalue weighted by molar-refractivity contribution is 0.0750. The summed E-state index contributed by atoms with van der Waals surface area (Å²) in [6.07, 6.45) is 2.93. The van der Waals surface area contributed by atoms with Crippen LogP contribution in [0.25, 0.3) is 0 Å². The summed E-state index contributed by atoms with van der Waals surface area (Å²) >= 11 is 0. The molecule has 1 aliphatic rings. The van der Waals surface area contributed by atoms with E-state index in [1.807, 2.05) is 18.7 Å². The Kier molecular flexibility index (Phi) is 5.61. The molecule has 0 radical (unpaired) electrons. The number of carbonyl (C=O) groups is 1. The van der Waals surface area contributed by atoms with Crippen molar-refractivity contribution >= 4 is 5.91 Å². The molecule has 2 aromatic heterocycles. The molecule has 3 rings (SSSR count). The van der Waals surface area contributed by atoms with E-state index >= 15 is 0 Å². The lowest BCUT2D eigenvalue weighted by Crippen LogP contribution is -2.35. The number of nitrogens with zero attached hydrogens (tertiary/aromatic N) is 6. The molecular weight excluding hydrogens is 332 g/mol. The Bertz CT molecular complexity index is 755. The summed E-state index contributed by atoms with van der Waals surface area (Å²) in [5, 5.41) is 3.97. The van der Waals surface area contributed by atoms with Crippen LogP contribution in [0, 0.1) is 20.8 Å². The number of amides is 1. The van der Waals surface area contributed by atoms with Gasteiger partial charge in [-0.05, 0) is 46.2 Å². The molecule has 1 amide bonds. The van der Waals surface area contributed by atoms with Crippen molar-refractivity contribution in [3.8, 4) is 0 Å². The van der Waals surface area contributed by atoms with Gasteiger partial charge in [-0.25, -0.2) is 9.97 Å². The molecule has 140 valence electrons. The molecule has 8 heteroatoms. The lowest BCUT2D eigenvalue weighted by atomic mass is 10.1. The second kappa shape index (κ2) is 7.90. The minimum Gasteiger partial charge on any atom is -0.340 e. The zero-order chi connectivity index (χ0) is 18.7. The van der Waals surface area contributed by atoms with Crippen LogP contribution in [-0.2, 0) is 6.54 Å². The largest absolute Gasteiger partial charge is 0.340 e. The second-order valence-corrected chi connectivity index (χ2v) is 6.96. The van der Waals surface area contributed by atoms with E-state index < -0.39 is 0 Å². The summed E-state index contributed by atoms with van der Waals surface area (Å²) in [7, 11) is 2.07. The maximum absolute atomic E-state index is 12.8. The topological polar surface area (TPSA) is 88.3 Å². The van der Waals surface area contributed by atoms with Gasteiger partial charge in [0, 0.05) is 31.7 Å². The minimum absolute atomic E-state index is 0.00399. The van der Waals surface area contributed by atoms with Gasteiger partial charge in [-0.1, -0.05) is 5.16 Å². The standard InChI is InChI=1S/C18H26N6O2/c1-12-10-16(20-13(2)19-12)18(25)24-8-5-6-15(7-9-24)23(4)11-17-21-14(3)26-22-17/h10,15H,5-9,11H2,1-4H3/t15-/m1/s1. The van der Waals surface area contributed by atoms with Gasteiger partial charge in [-0.3, -0.25) is 9.69 Å². The Balaban J connectivity index is 1.61. The lowest BCUT2D eigenvalue weighted by Gasteiger charge is -2.26. The molecule has 0 N–H and O–H groups in total. The molecule has 2 aromatic rings. The van der Waals surface area contributed by atoms with E-state index in [2.05, 4.69) is 32.1 Å². The summed E-state index contributed by atoms with van der Waals surface area (Å²) in [6.45, 7) is 7.63. The molecule has 3 heterocycles. The molecular formula is C18H26N6O2. The molecule has 1 aliphatic heterocycles. The summed E-state index contributed by atoms with van der Waals surface area (Å²) in [4.78, 5) is 29.8. The number of carbonyl (C=O) groups excluding carboxylic acids is 1. The predicted molar refractivity (Wildman–Crippen MR) is 95.6 cm³/mol. The van der Waals surface area contributed by atoms with Crippen LogP contribution in [0.1, 0.15) is 53.0 Å². The van der Waals surface area contributed by atoms with Gasteiger partial charge >= 0.3 is 0 Å². The summed E-state index contributed by atoms with van der Waals surface area (Å²) < 4.78 is 5.04. The van der Waals surface area contributed by atoms with Crippen molar-refractivity contribution in [2.75, 3.05) is 20.1 Å². The Labute approximate surface area is 153 Å². The van der Waals surface area contributed by atoms with E-state index in [1.165, 1.54) is 0 Å². The fourth-order valence-electron chi connectivity index (χ4n) is 3.47. The maximum Gasteiger partial charge on any atom is 0.272 e. The first kappa shape index (κ1) is 18.4. The Morgan fingerprint density at radius 2 is 2.04 bits per heavy atom. The van der Waals surface area contributed by atoms with Crippen LogP contribution >= 0.6 is 0 Å². The van der Waals surface area contributed by atoms with Gasteiger partial charge in [0.15, 0.2) is 5.82 Å². The zero-order valence-electron chi connectivity index (χ0n) is 15.9. The monoisotopic (exact) mass is 358 g/mol. The summed E-state index contributed by atoms with van der Waals surface area (Å²) in [6, 6.07) is 2.16. The van der Waals surface area contributed by atoms with Gasteiger partial charge < -0.3 is 9.42 Å². The van der Waals surface area contributed by atoms with Gasteiger partial charge in [0.2, 0.25) is 5.89 Å². The molecule has 1 atom stereocenters. The van der Waals surface area contributed by atoms with Crippen LogP contribution in [0.4, 0.5) is 0 Å². The smallest absolute Gasteiger partial charge is 0.272 e. The second-order valence-electron chi connectivity index (χ2n) is 6.96. The Hall–Kier alpha value is -2.35. The average molecular weight is 358 g/mol. The van der Waals surface area contributed by atoms with Crippen molar-refractivity contribution in [1.82, 2.24) is 29.9 Å².